The summed E-state index contributed by atoms with van der Waals surface area (Å²) in [6.45, 7) is 12.5. The molecule has 1 unspecified atom stereocenters. The van der Waals surface area contributed by atoms with Crippen molar-refractivity contribution >= 4 is 16.9 Å². The van der Waals surface area contributed by atoms with Gasteiger partial charge in [0.25, 0.3) is 0 Å². The highest BCUT2D eigenvalue weighted by atomic mass is 16.1. The third-order valence-electron chi connectivity index (χ3n) is 6.73. The molecule has 0 N–H and O–H groups in total. The van der Waals surface area contributed by atoms with Crippen molar-refractivity contribution in [2.24, 2.45) is 7.05 Å². The largest absolute Gasteiger partial charge is 0.349 e. The molecule has 3 atom stereocenters. The highest BCUT2D eigenvalue weighted by molar-refractivity contribution is 5.86. The molecule has 7 nitrogen and oxygen atoms in total. The van der Waals surface area contributed by atoms with Crippen molar-refractivity contribution in [3.63, 3.8) is 0 Å². The predicted molar refractivity (Wildman–Crippen MR) is 127 cm³/mol. The Morgan fingerprint density at radius 2 is 1.84 bits per heavy atom. The van der Waals surface area contributed by atoms with Gasteiger partial charge in [-0.1, -0.05) is 23.8 Å². The van der Waals surface area contributed by atoms with Gasteiger partial charge in [-0.3, -0.25) is 9.47 Å². The number of pyridine rings is 1. The lowest BCUT2D eigenvalue weighted by molar-refractivity contribution is 0.119. The molecule has 1 aromatic carbocycles. The molecule has 0 spiro atoms. The Morgan fingerprint density at radius 1 is 1.09 bits per heavy atom. The van der Waals surface area contributed by atoms with E-state index in [9.17, 15) is 10.1 Å². The van der Waals surface area contributed by atoms with E-state index in [2.05, 4.69) is 78.7 Å². The number of benzene rings is 1. The van der Waals surface area contributed by atoms with Gasteiger partial charge in [0.05, 0.1) is 5.52 Å². The van der Waals surface area contributed by atoms with Crippen molar-refractivity contribution in [3.8, 4) is 6.07 Å². The Morgan fingerprint density at radius 3 is 2.53 bits per heavy atom. The third-order valence-corrected chi connectivity index (χ3v) is 6.73. The number of fused-ring (bicyclic) bond motifs is 1. The van der Waals surface area contributed by atoms with Gasteiger partial charge >= 0.3 is 5.69 Å². The number of rotatable bonds is 3. The first-order chi connectivity index (χ1) is 15.2. The van der Waals surface area contributed by atoms with E-state index in [1.54, 1.807) is 19.2 Å². The smallest absolute Gasteiger partial charge is 0.349 e. The van der Waals surface area contributed by atoms with Gasteiger partial charge in [0.1, 0.15) is 17.3 Å². The van der Waals surface area contributed by atoms with Crippen LogP contribution in [-0.2, 0) is 7.05 Å². The summed E-state index contributed by atoms with van der Waals surface area (Å²) in [5, 5.41) is 9.34. The van der Waals surface area contributed by atoms with E-state index in [1.807, 2.05) is 0 Å². The Hall–Kier alpha value is -3.24. The molecule has 1 aliphatic rings. The van der Waals surface area contributed by atoms with E-state index < -0.39 is 0 Å². The van der Waals surface area contributed by atoms with Crippen LogP contribution >= 0.6 is 0 Å². The summed E-state index contributed by atoms with van der Waals surface area (Å²) in [6, 6.07) is 12.8. The predicted octanol–water partition coefficient (Wildman–Crippen LogP) is 3.48. The molecule has 0 amide bonds. The molecule has 7 heteroatoms. The van der Waals surface area contributed by atoms with Gasteiger partial charge in [0.15, 0.2) is 5.82 Å². The summed E-state index contributed by atoms with van der Waals surface area (Å²) in [5.41, 5.74) is 5.23. The van der Waals surface area contributed by atoms with E-state index in [4.69, 9.17) is 0 Å². The highest BCUT2D eigenvalue weighted by Crippen LogP contribution is 2.32. The average molecular weight is 431 g/mol. The first kappa shape index (κ1) is 22.0. The molecule has 4 rings (SSSR count). The second-order valence-corrected chi connectivity index (χ2v) is 9.04. The molecule has 0 bridgehead atoms. The normalized spacial score (nSPS) is 20.3. The fourth-order valence-corrected chi connectivity index (χ4v) is 4.93. The molecular formula is C25H30N6O. The summed E-state index contributed by atoms with van der Waals surface area (Å²) < 4.78 is 1.49. The van der Waals surface area contributed by atoms with Crippen molar-refractivity contribution in [2.45, 2.75) is 52.7 Å². The van der Waals surface area contributed by atoms with Crippen LogP contribution in [0.4, 0.5) is 5.82 Å². The maximum absolute atomic E-state index is 12.6. The van der Waals surface area contributed by atoms with Gasteiger partial charge in [-0.2, -0.15) is 10.2 Å². The fraction of sp³-hybridized carbons (Fsp3) is 0.440. The lowest BCUT2D eigenvalue weighted by atomic mass is 9.96. The van der Waals surface area contributed by atoms with Crippen LogP contribution in [0.2, 0.25) is 0 Å². The van der Waals surface area contributed by atoms with Crippen LogP contribution in [0.25, 0.3) is 11.0 Å². The number of aryl methyl sites for hydroxylation is 3. The zero-order chi connectivity index (χ0) is 23.2. The number of hydrogen-bond acceptors (Lipinski definition) is 6. The minimum atomic E-state index is -0.315. The molecule has 1 fully saturated rings. The lowest BCUT2D eigenvalue weighted by Crippen LogP contribution is -2.57. The highest BCUT2D eigenvalue weighted by Gasteiger charge is 2.34. The molecule has 0 aliphatic carbocycles. The summed E-state index contributed by atoms with van der Waals surface area (Å²) in [5.74, 6) is 0.568. The number of hydrogen-bond donors (Lipinski definition) is 0. The Kier molecular flexibility index (Phi) is 5.74. The molecule has 3 heterocycles. The van der Waals surface area contributed by atoms with Crippen molar-refractivity contribution < 1.29 is 0 Å². The maximum atomic E-state index is 12.6. The standard InChI is InChI=1S/C25H30N6O/c1-15-7-9-21(16(2)11-15)19(5)30-13-18(4)31(14-17(30)3)24-23-22(29(6)25(32)28-24)10-8-20(12-26)27-23/h7-11,17-19H,13-14H2,1-6H3/t17-,18+,19?/m1/s1. The van der Waals surface area contributed by atoms with Crippen LogP contribution in [-0.4, -0.2) is 44.6 Å². The Bertz CT molecular complexity index is 1270. The number of piperazine rings is 1. The summed E-state index contributed by atoms with van der Waals surface area (Å²) in [4.78, 5) is 26.2. The van der Waals surface area contributed by atoms with Gasteiger partial charge < -0.3 is 4.90 Å². The molecule has 1 aliphatic heterocycles. The molecule has 0 radical (unpaired) electrons. The Labute approximate surface area is 188 Å². The van der Waals surface area contributed by atoms with Gasteiger partial charge in [0, 0.05) is 38.3 Å². The van der Waals surface area contributed by atoms with E-state index in [-0.39, 0.29) is 23.8 Å². The molecule has 166 valence electrons. The van der Waals surface area contributed by atoms with Gasteiger partial charge in [0.2, 0.25) is 0 Å². The topological polar surface area (TPSA) is 78.0 Å². The third kappa shape index (κ3) is 3.76. The van der Waals surface area contributed by atoms with Crippen molar-refractivity contribution in [1.82, 2.24) is 19.4 Å². The van der Waals surface area contributed by atoms with Crippen LogP contribution < -0.4 is 10.6 Å². The summed E-state index contributed by atoms with van der Waals surface area (Å²) >= 11 is 0. The van der Waals surface area contributed by atoms with Crippen molar-refractivity contribution in [2.75, 3.05) is 18.0 Å². The van der Waals surface area contributed by atoms with Crippen molar-refractivity contribution in [1.29, 1.82) is 5.26 Å². The lowest BCUT2D eigenvalue weighted by Gasteiger charge is -2.47. The zero-order valence-corrected chi connectivity index (χ0v) is 19.6. The van der Waals surface area contributed by atoms with Crippen LogP contribution in [0.1, 0.15) is 49.2 Å². The minimum Gasteiger partial charge on any atom is -0.349 e. The first-order valence-electron chi connectivity index (χ1n) is 11.1. The van der Waals surface area contributed by atoms with E-state index >= 15 is 0 Å². The van der Waals surface area contributed by atoms with Crippen LogP contribution in [0, 0.1) is 25.2 Å². The van der Waals surface area contributed by atoms with Gasteiger partial charge in [-0.05, 0) is 57.9 Å². The molecule has 1 saturated heterocycles. The fourth-order valence-electron chi connectivity index (χ4n) is 4.93. The summed E-state index contributed by atoms with van der Waals surface area (Å²) in [7, 11) is 1.69. The van der Waals surface area contributed by atoms with Gasteiger partial charge in [-0.25, -0.2) is 9.78 Å². The van der Waals surface area contributed by atoms with Crippen LogP contribution in [0.15, 0.2) is 35.1 Å². The average Bonchev–Trinajstić information content (AvgIpc) is 2.77. The van der Waals surface area contributed by atoms with Crippen LogP contribution in [0.5, 0.6) is 0 Å². The quantitative estimate of drug-likeness (QED) is 0.633. The number of aromatic nitrogens is 3. The zero-order valence-electron chi connectivity index (χ0n) is 19.6. The second kappa shape index (κ2) is 8.36. The maximum Gasteiger partial charge on any atom is 0.349 e. The molecular weight excluding hydrogens is 400 g/mol. The number of nitriles is 1. The first-order valence-corrected chi connectivity index (χ1v) is 11.1. The second-order valence-electron chi connectivity index (χ2n) is 9.04. The van der Waals surface area contributed by atoms with Crippen LogP contribution in [0.3, 0.4) is 0 Å². The number of anilines is 1. The molecule has 3 aromatic rings. The minimum absolute atomic E-state index is 0.134. The molecule has 0 saturated carbocycles. The van der Waals surface area contributed by atoms with Crippen molar-refractivity contribution in [3.05, 3.63) is 63.2 Å². The van der Waals surface area contributed by atoms with E-state index in [0.29, 0.717) is 22.5 Å². The summed E-state index contributed by atoms with van der Waals surface area (Å²) in [6.07, 6.45) is 0. The molecule has 2 aromatic heterocycles. The van der Waals surface area contributed by atoms with E-state index in [1.165, 1.54) is 21.3 Å². The monoisotopic (exact) mass is 430 g/mol. The SMILES string of the molecule is Cc1ccc(C(C)N2C[C@H](C)N(c3nc(=O)n(C)c4ccc(C#N)nc34)C[C@H]2C)c(C)c1. The molecule has 32 heavy (non-hydrogen) atoms. The number of nitrogens with zero attached hydrogens (tertiary/aromatic N) is 6. The van der Waals surface area contributed by atoms with E-state index in [0.717, 1.165) is 13.1 Å². The van der Waals surface area contributed by atoms with Gasteiger partial charge in [-0.15, -0.1) is 0 Å². The Balaban J connectivity index is 1.70.